The summed E-state index contributed by atoms with van der Waals surface area (Å²) in [6.45, 7) is 5.00. The third-order valence-corrected chi connectivity index (χ3v) is 6.98. The molecule has 1 aliphatic heterocycles. The summed E-state index contributed by atoms with van der Waals surface area (Å²) in [6.07, 6.45) is 3.03. The molecular weight excluding hydrogens is 368 g/mol. The first-order valence-electron chi connectivity index (χ1n) is 8.23. The van der Waals surface area contributed by atoms with Gasteiger partial charge in [-0.3, -0.25) is 0 Å². The zero-order chi connectivity index (χ0) is 17.4. The molecule has 6 heteroatoms. The average Bonchev–Trinajstić information content (AvgIpc) is 2.96. The van der Waals surface area contributed by atoms with Gasteiger partial charge in [-0.05, 0) is 31.2 Å². The van der Waals surface area contributed by atoms with Gasteiger partial charge in [0.2, 0.25) is 0 Å². The lowest BCUT2D eigenvalue weighted by atomic mass is 9.95. The first-order chi connectivity index (χ1) is 12.1. The zero-order valence-electron chi connectivity index (χ0n) is 14.5. The van der Waals surface area contributed by atoms with Crippen LogP contribution >= 0.6 is 34.9 Å². The molecule has 0 radical (unpaired) electrons. The van der Waals surface area contributed by atoms with E-state index in [4.69, 9.17) is 14.7 Å². The van der Waals surface area contributed by atoms with Crippen molar-refractivity contribution in [3.63, 3.8) is 0 Å². The molecule has 0 bridgehead atoms. The normalized spacial score (nSPS) is 16.1. The van der Waals surface area contributed by atoms with Crippen LogP contribution < -0.4 is 0 Å². The van der Waals surface area contributed by atoms with E-state index in [-0.39, 0.29) is 5.60 Å². The molecule has 3 nitrogen and oxygen atoms in total. The van der Waals surface area contributed by atoms with Crippen LogP contribution in [0.2, 0.25) is 0 Å². The highest BCUT2D eigenvalue weighted by atomic mass is 32.2. The topological polar surface area (TPSA) is 35.0 Å². The van der Waals surface area contributed by atoms with E-state index in [1.54, 1.807) is 34.9 Å². The number of rotatable bonds is 4. The minimum Gasteiger partial charge on any atom is -0.370 e. The molecular formula is C19H20N2OS3. The minimum atomic E-state index is -0.114. The maximum atomic E-state index is 5.98. The van der Waals surface area contributed by atoms with E-state index in [0.717, 1.165) is 27.2 Å². The van der Waals surface area contributed by atoms with E-state index >= 15 is 0 Å². The molecule has 1 aromatic carbocycles. The van der Waals surface area contributed by atoms with E-state index in [9.17, 15) is 0 Å². The van der Waals surface area contributed by atoms with Gasteiger partial charge < -0.3 is 4.74 Å². The highest BCUT2D eigenvalue weighted by Gasteiger charge is 2.30. The summed E-state index contributed by atoms with van der Waals surface area (Å²) in [5.41, 5.74) is 2.57. The molecule has 130 valence electrons. The molecule has 0 atom stereocenters. The first-order valence-corrected chi connectivity index (χ1v) is 11.3. The number of ether oxygens (including phenoxy) is 1. The second-order valence-electron chi connectivity index (χ2n) is 6.70. The van der Waals surface area contributed by atoms with Crippen molar-refractivity contribution in [2.75, 3.05) is 6.26 Å². The molecule has 4 rings (SSSR count). The first kappa shape index (κ1) is 17.3. The lowest BCUT2D eigenvalue weighted by molar-refractivity contribution is -0.0379. The maximum absolute atomic E-state index is 5.98. The van der Waals surface area contributed by atoms with E-state index in [0.29, 0.717) is 6.61 Å². The van der Waals surface area contributed by atoms with Crippen LogP contribution in [0.15, 0.2) is 40.5 Å². The molecule has 0 N–H and O–H groups in total. The summed E-state index contributed by atoms with van der Waals surface area (Å²) in [5, 5.41) is 3.20. The van der Waals surface area contributed by atoms with E-state index in [1.807, 2.05) is 6.07 Å². The number of thioether (sulfide) groups is 2. The van der Waals surface area contributed by atoms with E-state index in [2.05, 4.69) is 44.4 Å². The Morgan fingerprint density at radius 2 is 2.00 bits per heavy atom. The molecule has 3 heterocycles. The van der Waals surface area contributed by atoms with Gasteiger partial charge in [0.25, 0.3) is 0 Å². The molecule has 0 saturated heterocycles. The van der Waals surface area contributed by atoms with Crippen LogP contribution in [0, 0.1) is 0 Å². The molecule has 0 amide bonds. The Morgan fingerprint density at radius 3 is 2.76 bits per heavy atom. The third-order valence-electron chi connectivity index (χ3n) is 4.28. The van der Waals surface area contributed by atoms with E-state index < -0.39 is 0 Å². The highest BCUT2D eigenvalue weighted by molar-refractivity contribution is 7.99. The van der Waals surface area contributed by atoms with Crippen molar-refractivity contribution in [2.24, 2.45) is 0 Å². The Bertz CT molecular complexity index is 906. The van der Waals surface area contributed by atoms with Crippen LogP contribution in [0.3, 0.4) is 0 Å². The molecule has 0 aliphatic carbocycles. The van der Waals surface area contributed by atoms with Crippen LogP contribution in [0.1, 0.15) is 29.9 Å². The van der Waals surface area contributed by atoms with Gasteiger partial charge in [0, 0.05) is 22.4 Å². The molecule has 1 aliphatic rings. The Hall–Kier alpha value is -1.08. The van der Waals surface area contributed by atoms with Crippen LogP contribution in [0.4, 0.5) is 0 Å². The number of nitrogens with zero attached hydrogens (tertiary/aromatic N) is 2. The largest absolute Gasteiger partial charge is 0.370 e. The molecule has 0 unspecified atom stereocenters. The number of fused-ring (bicyclic) bond motifs is 3. The third kappa shape index (κ3) is 3.58. The summed E-state index contributed by atoms with van der Waals surface area (Å²) < 4.78 is 5.98. The van der Waals surface area contributed by atoms with Crippen molar-refractivity contribution in [3.05, 3.63) is 46.3 Å². The zero-order valence-corrected chi connectivity index (χ0v) is 17.0. The van der Waals surface area contributed by atoms with Gasteiger partial charge in [0.05, 0.1) is 12.2 Å². The molecule has 0 spiro atoms. The number of hydrogen-bond donors (Lipinski definition) is 0. The van der Waals surface area contributed by atoms with Crippen LogP contribution in [-0.4, -0.2) is 21.8 Å². The van der Waals surface area contributed by atoms with Gasteiger partial charge in [0.15, 0.2) is 5.16 Å². The lowest BCUT2D eigenvalue weighted by Crippen LogP contribution is -2.31. The second kappa shape index (κ2) is 6.91. The predicted molar refractivity (Wildman–Crippen MR) is 108 cm³/mol. The summed E-state index contributed by atoms with van der Waals surface area (Å²) in [7, 11) is 0. The van der Waals surface area contributed by atoms with Gasteiger partial charge in [-0.15, -0.1) is 23.1 Å². The van der Waals surface area contributed by atoms with Crippen LogP contribution in [0.5, 0.6) is 0 Å². The van der Waals surface area contributed by atoms with Crippen LogP contribution in [-0.2, 0) is 23.5 Å². The second-order valence-corrected chi connectivity index (χ2v) is 9.52. The Balaban J connectivity index is 1.69. The van der Waals surface area contributed by atoms with Crippen molar-refractivity contribution in [1.82, 2.24) is 9.97 Å². The molecule has 25 heavy (non-hydrogen) atoms. The average molecular weight is 389 g/mol. The van der Waals surface area contributed by atoms with Gasteiger partial charge in [-0.25, -0.2) is 9.97 Å². The van der Waals surface area contributed by atoms with Gasteiger partial charge in [0.1, 0.15) is 9.86 Å². The van der Waals surface area contributed by atoms with Gasteiger partial charge >= 0.3 is 0 Å². The lowest BCUT2D eigenvalue weighted by Gasteiger charge is -2.30. The fourth-order valence-corrected chi connectivity index (χ4v) is 5.71. The van der Waals surface area contributed by atoms with Crippen LogP contribution in [0.25, 0.3) is 10.2 Å². The quantitative estimate of drug-likeness (QED) is 0.332. The SMILES string of the molecule is CSc1nc(SCc2ccccc2)nc2sc3c(c12)CC(C)(C)OC3. The standard InChI is InChI=1S/C19H20N2OS3/c1-19(2)9-13-14(10-22-19)25-17-15(13)16(23-3)20-18(21-17)24-11-12-7-5-4-6-8-12/h4-8H,9-11H2,1-3H3. The van der Waals surface area contributed by atoms with Crippen molar-refractivity contribution < 1.29 is 4.74 Å². The summed E-state index contributed by atoms with van der Waals surface area (Å²) >= 11 is 5.18. The van der Waals surface area contributed by atoms with Crippen molar-refractivity contribution in [2.45, 2.75) is 48.4 Å². The summed E-state index contributed by atoms with van der Waals surface area (Å²) in [4.78, 5) is 12.1. The van der Waals surface area contributed by atoms with E-state index in [1.165, 1.54) is 21.4 Å². The van der Waals surface area contributed by atoms with Crippen molar-refractivity contribution in [1.29, 1.82) is 0 Å². The number of hydrogen-bond acceptors (Lipinski definition) is 6. The molecule has 2 aromatic heterocycles. The van der Waals surface area contributed by atoms with Gasteiger partial charge in [-0.2, -0.15) is 0 Å². The molecule has 0 fully saturated rings. The fraction of sp³-hybridized carbons (Fsp3) is 0.368. The summed E-state index contributed by atoms with van der Waals surface area (Å²) in [5.74, 6) is 0.890. The maximum Gasteiger partial charge on any atom is 0.190 e. The highest BCUT2D eigenvalue weighted by Crippen LogP contribution is 2.42. The Kier molecular flexibility index (Phi) is 4.79. The fourth-order valence-electron chi connectivity index (χ4n) is 3.03. The Labute approximate surface area is 160 Å². The predicted octanol–water partition coefficient (Wildman–Crippen LogP) is 5.56. The Morgan fingerprint density at radius 1 is 1.20 bits per heavy atom. The van der Waals surface area contributed by atoms with Crippen molar-refractivity contribution in [3.8, 4) is 0 Å². The number of aromatic nitrogens is 2. The molecule has 3 aromatic rings. The molecule has 0 saturated carbocycles. The number of thiophene rings is 1. The van der Waals surface area contributed by atoms with Crippen molar-refractivity contribution >= 4 is 45.1 Å². The summed E-state index contributed by atoms with van der Waals surface area (Å²) in [6, 6.07) is 10.5. The smallest absolute Gasteiger partial charge is 0.190 e. The monoisotopic (exact) mass is 388 g/mol. The minimum absolute atomic E-state index is 0.114. The number of benzene rings is 1. The van der Waals surface area contributed by atoms with Gasteiger partial charge in [-0.1, -0.05) is 42.1 Å².